The highest BCUT2D eigenvalue weighted by Gasteiger charge is 2.40. The molecule has 2 saturated heterocycles. The second-order valence-electron chi connectivity index (χ2n) is 17.9. The minimum atomic E-state index is -0.933. The SMILES string of the molecule is CCOC(=O)[C@@H](OC(C)(C)C)c1c(C)cc2nc(-c3ccc4c(c3)c(C3CCN(C5CN(C(=O)OC(C)(C)C)C5)CC3)nn4C3CC3)sc2c1-c1ccc(Cl)cc1. The molecular formula is C45H54ClN5O5S. The molecule has 0 bridgehead atoms. The van der Waals surface area contributed by atoms with E-state index in [0.29, 0.717) is 23.0 Å². The summed E-state index contributed by atoms with van der Waals surface area (Å²) in [5.74, 6) is -0.0671. The maximum absolute atomic E-state index is 13.7. The molecule has 5 aromatic rings. The van der Waals surface area contributed by atoms with E-state index < -0.39 is 23.3 Å². The van der Waals surface area contributed by atoms with Gasteiger partial charge in [0.1, 0.15) is 10.6 Å². The lowest BCUT2D eigenvalue weighted by molar-refractivity contribution is -0.166. The van der Waals surface area contributed by atoms with Gasteiger partial charge in [0.15, 0.2) is 6.10 Å². The molecule has 2 aliphatic heterocycles. The van der Waals surface area contributed by atoms with Crippen LogP contribution in [0.3, 0.4) is 0 Å². The Morgan fingerprint density at radius 2 is 1.60 bits per heavy atom. The highest BCUT2D eigenvalue weighted by atomic mass is 35.5. The van der Waals surface area contributed by atoms with Crippen molar-refractivity contribution in [2.45, 2.75) is 116 Å². The number of carbonyl (C=O) groups excluding carboxylic acids is 2. The number of rotatable bonds is 9. The number of fused-ring (bicyclic) bond motifs is 2. The molecule has 0 spiro atoms. The number of aryl methyl sites for hydroxylation is 1. The van der Waals surface area contributed by atoms with Gasteiger partial charge in [0, 0.05) is 52.1 Å². The maximum Gasteiger partial charge on any atom is 0.410 e. The molecule has 0 unspecified atom stereocenters. The van der Waals surface area contributed by atoms with Crippen LogP contribution >= 0.6 is 22.9 Å². The van der Waals surface area contributed by atoms with Gasteiger partial charge in [-0.1, -0.05) is 23.7 Å². The van der Waals surface area contributed by atoms with Crippen LogP contribution < -0.4 is 0 Å². The van der Waals surface area contributed by atoms with Crippen molar-refractivity contribution >= 4 is 56.1 Å². The standard InChI is InChI=1S/C45H54ClN5O5S/c1-9-54-42(52)39(55-44(3,4)5)36-26(2)22-34-40(37(36)27-10-13-30(46)14-11-27)57-41(47-34)29-12-17-35-33(23-29)38(48-51(35)31-15-16-31)28-18-20-49(21-19-28)32-24-50(25-32)43(53)56-45(6,7)8/h10-14,17,22-23,28,31-32,39H,9,15-16,18-21,24-25H2,1-8H3/t39-/m0/s1. The van der Waals surface area contributed by atoms with Crippen LogP contribution in [0, 0.1) is 6.92 Å². The first-order chi connectivity index (χ1) is 27.1. The van der Waals surface area contributed by atoms with Crippen molar-refractivity contribution in [1.82, 2.24) is 24.6 Å². The number of benzene rings is 3. The predicted molar refractivity (Wildman–Crippen MR) is 227 cm³/mol. The Morgan fingerprint density at radius 1 is 0.912 bits per heavy atom. The number of carbonyl (C=O) groups is 2. The Kier molecular flexibility index (Phi) is 10.7. The minimum Gasteiger partial charge on any atom is -0.464 e. The van der Waals surface area contributed by atoms with Gasteiger partial charge in [-0.15, -0.1) is 11.3 Å². The van der Waals surface area contributed by atoms with E-state index in [1.165, 1.54) is 16.6 Å². The quantitative estimate of drug-likeness (QED) is 0.136. The van der Waals surface area contributed by atoms with Gasteiger partial charge >= 0.3 is 12.1 Å². The number of halogens is 1. The maximum atomic E-state index is 13.7. The van der Waals surface area contributed by atoms with Crippen LogP contribution in [0.5, 0.6) is 0 Å². The van der Waals surface area contributed by atoms with Crippen LogP contribution in [0.25, 0.3) is 42.8 Å². The lowest BCUT2D eigenvalue weighted by Crippen LogP contribution is -2.62. The van der Waals surface area contributed by atoms with Crippen molar-refractivity contribution in [3.8, 4) is 21.7 Å². The third-order valence-electron chi connectivity index (χ3n) is 11.1. The molecule has 1 atom stereocenters. The smallest absolute Gasteiger partial charge is 0.410 e. The molecule has 3 aromatic carbocycles. The second-order valence-corrected chi connectivity index (χ2v) is 19.3. The number of thiazole rings is 1. The molecule has 3 aliphatic rings. The van der Waals surface area contributed by atoms with Gasteiger partial charge in [0.05, 0.1) is 39.7 Å². The molecule has 8 rings (SSSR count). The third kappa shape index (κ3) is 8.31. The summed E-state index contributed by atoms with van der Waals surface area (Å²) >= 11 is 8.01. The Balaban J connectivity index is 1.13. The number of hydrogen-bond acceptors (Lipinski definition) is 9. The molecule has 4 heterocycles. The number of nitrogens with zero attached hydrogens (tertiary/aromatic N) is 5. The zero-order chi connectivity index (χ0) is 40.4. The van der Waals surface area contributed by atoms with Crippen LogP contribution in [-0.4, -0.2) is 86.7 Å². The minimum absolute atomic E-state index is 0.221. The van der Waals surface area contributed by atoms with Crippen molar-refractivity contribution < 1.29 is 23.8 Å². The van der Waals surface area contributed by atoms with Crippen molar-refractivity contribution in [2.24, 2.45) is 0 Å². The van der Waals surface area contributed by atoms with Crippen molar-refractivity contribution in [3.05, 3.63) is 70.4 Å². The monoisotopic (exact) mass is 811 g/mol. The van der Waals surface area contributed by atoms with Crippen LogP contribution in [-0.2, 0) is 19.0 Å². The van der Waals surface area contributed by atoms with Crippen LogP contribution in [0.2, 0.25) is 5.02 Å². The topological polar surface area (TPSA) is 99.0 Å². The molecule has 3 fully saturated rings. The third-order valence-corrected chi connectivity index (χ3v) is 12.5. The fourth-order valence-corrected chi connectivity index (χ4v) is 9.52. The van der Waals surface area contributed by atoms with Gasteiger partial charge < -0.3 is 19.1 Å². The highest BCUT2D eigenvalue weighted by Crippen LogP contribution is 2.46. The van der Waals surface area contributed by atoms with Gasteiger partial charge in [0.2, 0.25) is 0 Å². The average molecular weight is 812 g/mol. The molecule has 0 radical (unpaired) electrons. The van der Waals surface area contributed by atoms with Crippen LogP contribution in [0.4, 0.5) is 4.79 Å². The molecule has 0 N–H and O–H groups in total. The summed E-state index contributed by atoms with van der Waals surface area (Å²) in [6.45, 7) is 19.1. The number of amides is 1. The summed E-state index contributed by atoms with van der Waals surface area (Å²) in [4.78, 5) is 35.8. The van der Waals surface area contributed by atoms with Gasteiger partial charge in [-0.3, -0.25) is 9.58 Å². The Morgan fingerprint density at radius 3 is 2.23 bits per heavy atom. The number of esters is 1. The molecule has 2 aromatic heterocycles. The van der Waals surface area contributed by atoms with Gasteiger partial charge in [-0.25, -0.2) is 14.6 Å². The fourth-order valence-electron chi connectivity index (χ4n) is 8.27. The summed E-state index contributed by atoms with van der Waals surface area (Å²) in [6, 6.07) is 17.4. The number of likely N-dealkylation sites (tertiary alicyclic amines) is 2. The summed E-state index contributed by atoms with van der Waals surface area (Å²) in [5.41, 5.74) is 6.70. The van der Waals surface area contributed by atoms with E-state index in [9.17, 15) is 9.59 Å². The zero-order valence-corrected chi connectivity index (χ0v) is 35.9. The van der Waals surface area contributed by atoms with E-state index >= 15 is 0 Å². The number of hydrogen-bond donors (Lipinski definition) is 0. The molecule has 302 valence electrons. The Hall–Kier alpha value is -4.03. The summed E-state index contributed by atoms with van der Waals surface area (Å²) in [6.07, 6.45) is 3.21. The van der Waals surface area contributed by atoms with Crippen LogP contribution in [0.15, 0.2) is 48.5 Å². The lowest BCUT2D eigenvalue weighted by atomic mass is 9.90. The largest absolute Gasteiger partial charge is 0.464 e. The van der Waals surface area contributed by atoms with E-state index in [2.05, 4.69) is 33.8 Å². The Labute approximate surface area is 344 Å². The highest BCUT2D eigenvalue weighted by molar-refractivity contribution is 7.22. The number of ether oxygens (including phenoxy) is 3. The molecule has 1 amide bonds. The fraction of sp³-hybridized carbons (Fsp3) is 0.511. The zero-order valence-electron chi connectivity index (χ0n) is 34.4. The Bertz CT molecular complexity index is 2300. The first kappa shape index (κ1) is 39.8. The van der Waals surface area contributed by atoms with E-state index in [-0.39, 0.29) is 12.7 Å². The van der Waals surface area contributed by atoms with E-state index in [4.69, 9.17) is 35.9 Å². The van der Waals surface area contributed by atoms with Crippen molar-refractivity contribution in [1.29, 1.82) is 0 Å². The summed E-state index contributed by atoms with van der Waals surface area (Å²) in [5, 5.41) is 8.08. The molecule has 1 aliphatic carbocycles. The molecule has 10 nitrogen and oxygen atoms in total. The second kappa shape index (κ2) is 15.3. The predicted octanol–water partition coefficient (Wildman–Crippen LogP) is 10.5. The van der Waals surface area contributed by atoms with Gasteiger partial charge in [0.25, 0.3) is 0 Å². The van der Waals surface area contributed by atoms with E-state index in [0.717, 1.165) is 94.9 Å². The molecule has 12 heteroatoms. The van der Waals surface area contributed by atoms with Crippen LogP contribution in [0.1, 0.15) is 109 Å². The molecule has 1 saturated carbocycles. The molecule has 57 heavy (non-hydrogen) atoms. The summed E-state index contributed by atoms with van der Waals surface area (Å²) < 4.78 is 20.9. The van der Waals surface area contributed by atoms with Crippen molar-refractivity contribution in [2.75, 3.05) is 32.8 Å². The normalized spacial score (nSPS) is 17.9. The summed E-state index contributed by atoms with van der Waals surface area (Å²) in [7, 11) is 0. The van der Waals surface area contributed by atoms with E-state index in [1.807, 2.05) is 84.6 Å². The van der Waals surface area contributed by atoms with E-state index in [1.54, 1.807) is 11.3 Å². The molecular weight excluding hydrogens is 758 g/mol. The van der Waals surface area contributed by atoms with Gasteiger partial charge in [-0.2, -0.15) is 5.10 Å². The first-order valence-electron chi connectivity index (χ1n) is 20.4. The first-order valence-corrected chi connectivity index (χ1v) is 21.5. The van der Waals surface area contributed by atoms with Crippen molar-refractivity contribution in [3.63, 3.8) is 0 Å². The van der Waals surface area contributed by atoms with Gasteiger partial charge in [-0.05, 0) is 142 Å². The average Bonchev–Trinajstić information content (AvgIpc) is 3.77. The number of aromatic nitrogens is 3. The lowest BCUT2D eigenvalue weighted by Gasteiger charge is -2.47. The number of piperidine rings is 1.